The molecule has 1 saturated carbocycles. The minimum atomic E-state index is -1.47. The van der Waals surface area contributed by atoms with Gasteiger partial charge in [0.15, 0.2) is 0 Å². The first-order chi connectivity index (χ1) is 7.96. The van der Waals surface area contributed by atoms with Crippen molar-refractivity contribution in [1.82, 2.24) is 0 Å². The zero-order chi connectivity index (χ0) is 12.5. The molecule has 2 rings (SSSR count). The Hall–Kier alpha value is -0.573. The number of hydrogen-bond acceptors (Lipinski definition) is 2. The molecule has 0 bridgehead atoms. The Morgan fingerprint density at radius 3 is 2.59 bits per heavy atom. The van der Waals surface area contributed by atoms with Crippen LogP contribution in [0.25, 0.3) is 0 Å². The zero-order valence-corrected chi connectivity index (χ0v) is 12.3. The highest BCUT2D eigenvalue weighted by Gasteiger charge is 2.33. The monoisotopic (exact) mass is 252 g/mol. The lowest BCUT2D eigenvalue weighted by atomic mass is 9.79. The average molecular weight is 252 g/mol. The van der Waals surface area contributed by atoms with Gasteiger partial charge in [0.1, 0.15) is 5.78 Å². The molecule has 2 atom stereocenters. The van der Waals surface area contributed by atoms with E-state index in [1.54, 1.807) is 0 Å². The van der Waals surface area contributed by atoms with Crippen LogP contribution in [0.5, 0.6) is 0 Å². The Bertz CT molecular complexity index is 328. The van der Waals surface area contributed by atoms with Crippen molar-refractivity contribution in [2.45, 2.75) is 58.2 Å². The number of rotatable bonds is 3. The van der Waals surface area contributed by atoms with Crippen molar-refractivity contribution in [3.63, 3.8) is 0 Å². The minimum Gasteiger partial charge on any atom is -0.548 e. The number of carbonyl (C=O) groups is 1. The molecule has 17 heavy (non-hydrogen) atoms. The van der Waals surface area contributed by atoms with Gasteiger partial charge in [0.2, 0.25) is 8.32 Å². The third-order valence-corrected chi connectivity index (χ3v) is 4.55. The summed E-state index contributed by atoms with van der Waals surface area (Å²) in [5, 5.41) is 0. The van der Waals surface area contributed by atoms with Gasteiger partial charge in [-0.15, -0.1) is 0 Å². The molecule has 0 aromatic heterocycles. The van der Waals surface area contributed by atoms with E-state index in [-0.39, 0.29) is 0 Å². The standard InChI is InChI=1S/C14H24O2Si/c1-17(2,3)16-12-9-8-11(10-12)13-6-4-5-7-14(13)15/h10-11,13H,4-9H2,1-3H3. The summed E-state index contributed by atoms with van der Waals surface area (Å²) in [5.41, 5.74) is 0. The van der Waals surface area contributed by atoms with Crippen LogP contribution in [-0.4, -0.2) is 14.1 Å². The molecule has 2 aliphatic rings. The van der Waals surface area contributed by atoms with E-state index in [0.29, 0.717) is 17.6 Å². The summed E-state index contributed by atoms with van der Waals surface area (Å²) in [6, 6.07) is 0. The lowest BCUT2D eigenvalue weighted by Crippen LogP contribution is -2.25. The summed E-state index contributed by atoms with van der Waals surface area (Å²) in [6.45, 7) is 6.65. The summed E-state index contributed by atoms with van der Waals surface area (Å²) >= 11 is 0. The molecule has 0 amide bonds. The summed E-state index contributed by atoms with van der Waals surface area (Å²) < 4.78 is 6.04. The normalized spacial score (nSPS) is 30.3. The summed E-state index contributed by atoms with van der Waals surface area (Å²) in [4.78, 5) is 11.9. The second-order valence-electron chi connectivity index (χ2n) is 6.37. The van der Waals surface area contributed by atoms with Gasteiger partial charge in [-0.3, -0.25) is 4.79 Å². The van der Waals surface area contributed by atoms with Crippen LogP contribution in [-0.2, 0) is 9.22 Å². The van der Waals surface area contributed by atoms with Crippen LogP contribution in [0.2, 0.25) is 19.6 Å². The van der Waals surface area contributed by atoms with Gasteiger partial charge < -0.3 is 4.43 Å². The second-order valence-corrected chi connectivity index (χ2v) is 10.8. The predicted octanol–water partition coefficient (Wildman–Crippen LogP) is 3.89. The van der Waals surface area contributed by atoms with E-state index in [9.17, 15) is 4.79 Å². The largest absolute Gasteiger partial charge is 0.548 e. The highest BCUT2D eigenvalue weighted by atomic mass is 28.4. The van der Waals surface area contributed by atoms with Gasteiger partial charge in [-0.05, 0) is 50.9 Å². The molecular formula is C14H24O2Si. The number of hydrogen-bond donors (Lipinski definition) is 0. The Morgan fingerprint density at radius 1 is 1.18 bits per heavy atom. The molecule has 0 aromatic carbocycles. The molecule has 0 N–H and O–H groups in total. The van der Waals surface area contributed by atoms with E-state index < -0.39 is 8.32 Å². The van der Waals surface area contributed by atoms with Crippen molar-refractivity contribution in [1.29, 1.82) is 0 Å². The van der Waals surface area contributed by atoms with Gasteiger partial charge in [0.05, 0.1) is 5.76 Å². The van der Waals surface area contributed by atoms with E-state index in [2.05, 4.69) is 25.7 Å². The molecule has 2 unspecified atom stereocenters. The third kappa shape index (κ3) is 3.44. The maximum Gasteiger partial charge on any atom is 0.241 e. The van der Waals surface area contributed by atoms with Crippen molar-refractivity contribution in [2.75, 3.05) is 0 Å². The van der Waals surface area contributed by atoms with Crippen molar-refractivity contribution in [3.05, 3.63) is 11.8 Å². The van der Waals surface area contributed by atoms with Gasteiger partial charge in [0.25, 0.3) is 0 Å². The van der Waals surface area contributed by atoms with Crippen LogP contribution in [0, 0.1) is 11.8 Å². The van der Waals surface area contributed by atoms with Crippen LogP contribution in [0.15, 0.2) is 11.8 Å². The fraction of sp³-hybridized carbons (Fsp3) is 0.786. The molecule has 0 radical (unpaired) electrons. The molecule has 2 nitrogen and oxygen atoms in total. The van der Waals surface area contributed by atoms with Gasteiger partial charge in [-0.1, -0.05) is 6.42 Å². The van der Waals surface area contributed by atoms with E-state index in [4.69, 9.17) is 4.43 Å². The van der Waals surface area contributed by atoms with Crippen LogP contribution in [0.3, 0.4) is 0 Å². The Labute approximate surface area is 106 Å². The van der Waals surface area contributed by atoms with Crippen LogP contribution >= 0.6 is 0 Å². The highest BCUT2D eigenvalue weighted by Crippen LogP contribution is 2.37. The van der Waals surface area contributed by atoms with Gasteiger partial charge in [-0.25, -0.2) is 0 Å². The maximum absolute atomic E-state index is 11.9. The van der Waals surface area contributed by atoms with E-state index in [1.807, 2.05) is 0 Å². The quantitative estimate of drug-likeness (QED) is 0.712. The molecule has 0 aromatic rings. The molecule has 0 heterocycles. The summed E-state index contributed by atoms with van der Waals surface area (Å²) in [7, 11) is -1.47. The SMILES string of the molecule is C[Si](C)(C)OC1=CC(C2CCCCC2=O)CC1. The first kappa shape index (κ1) is 12.9. The van der Waals surface area contributed by atoms with Crippen molar-refractivity contribution in [2.24, 2.45) is 11.8 Å². The zero-order valence-electron chi connectivity index (χ0n) is 11.3. The topological polar surface area (TPSA) is 26.3 Å². The van der Waals surface area contributed by atoms with Crippen molar-refractivity contribution >= 4 is 14.1 Å². The fourth-order valence-electron chi connectivity index (χ4n) is 2.97. The van der Waals surface area contributed by atoms with Crippen LogP contribution < -0.4 is 0 Å². The van der Waals surface area contributed by atoms with Crippen molar-refractivity contribution < 1.29 is 9.22 Å². The summed E-state index contributed by atoms with van der Waals surface area (Å²) in [6.07, 6.45) is 8.65. The minimum absolute atomic E-state index is 0.298. The van der Waals surface area contributed by atoms with Crippen LogP contribution in [0.1, 0.15) is 38.5 Å². The lowest BCUT2D eigenvalue weighted by Gasteiger charge is -2.24. The molecule has 3 heteroatoms. The lowest BCUT2D eigenvalue weighted by molar-refractivity contribution is -0.125. The molecule has 0 aliphatic heterocycles. The van der Waals surface area contributed by atoms with Crippen molar-refractivity contribution in [3.8, 4) is 0 Å². The molecule has 0 saturated heterocycles. The molecule has 96 valence electrons. The Kier molecular flexibility index (Phi) is 3.76. The number of carbonyl (C=O) groups excluding carboxylic acids is 1. The predicted molar refractivity (Wildman–Crippen MR) is 72.2 cm³/mol. The van der Waals surface area contributed by atoms with Gasteiger partial charge in [-0.2, -0.15) is 0 Å². The van der Waals surface area contributed by atoms with E-state index >= 15 is 0 Å². The molecule has 0 spiro atoms. The second kappa shape index (κ2) is 4.97. The number of allylic oxidation sites excluding steroid dienone is 2. The highest BCUT2D eigenvalue weighted by molar-refractivity contribution is 6.70. The first-order valence-corrected chi connectivity index (χ1v) is 10.3. The third-order valence-electron chi connectivity index (χ3n) is 3.68. The Morgan fingerprint density at radius 2 is 1.94 bits per heavy atom. The van der Waals surface area contributed by atoms with Crippen LogP contribution in [0.4, 0.5) is 0 Å². The molecular weight excluding hydrogens is 228 g/mol. The van der Waals surface area contributed by atoms with E-state index in [1.165, 1.54) is 6.42 Å². The van der Waals surface area contributed by atoms with Gasteiger partial charge in [0, 0.05) is 18.8 Å². The summed E-state index contributed by atoms with van der Waals surface area (Å²) in [5.74, 6) is 2.42. The fourth-order valence-corrected chi connectivity index (χ4v) is 3.93. The molecule has 2 aliphatic carbocycles. The smallest absolute Gasteiger partial charge is 0.241 e. The molecule has 1 fully saturated rings. The first-order valence-electron chi connectivity index (χ1n) is 6.88. The number of Topliss-reactive ketones (excluding diaryl/α,β-unsaturated/α-hetero) is 1. The number of ketones is 1. The maximum atomic E-state index is 11.9. The Balaban J connectivity index is 1.97. The average Bonchev–Trinajstić information content (AvgIpc) is 2.64. The van der Waals surface area contributed by atoms with Gasteiger partial charge >= 0.3 is 0 Å². The van der Waals surface area contributed by atoms with E-state index in [0.717, 1.165) is 37.9 Å².